The molecule has 126 valence electrons. The Morgan fingerprint density at radius 1 is 1.08 bits per heavy atom. The first-order chi connectivity index (χ1) is 11.2. The highest BCUT2D eigenvalue weighted by molar-refractivity contribution is 9.10. The van der Waals surface area contributed by atoms with E-state index in [0.29, 0.717) is 10.2 Å². The number of halogens is 1. The zero-order chi connectivity index (χ0) is 17.9. The summed E-state index contributed by atoms with van der Waals surface area (Å²) in [7, 11) is 0. The van der Waals surface area contributed by atoms with Gasteiger partial charge in [0.2, 0.25) is 0 Å². The van der Waals surface area contributed by atoms with E-state index in [1.807, 2.05) is 0 Å². The first-order valence-corrected chi connectivity index (χ1v) is 7.91. The minimum absolute atomic E-state index is 0.0605. The molecular weight excluding hydrogens is 378 g/mol. The highest BCUT2D eigenvalue weighted by Crippen LogP contribution is 2.36. The van der Waals surface area contributed by atoms with Gasteiger partial charge in [0, 0.05) is 6.07 Å². The van der Waals surface area contributed by atoms with Crippen molar-refractivity contribution in [2.45, 2.75) is 26.4 Å². The van der Waals surface area contributed by atoms with Crippen molar-refractivity contribution < 1.29 is 19.2 Å². The first kappa shape index (κ1) is 17.9. The van der Waals surface area contributed by atoms with Gasteiger partial charge in [0.15, 0.2) is 5.56 Å². The smallest absolute Gasteiger partial charge is 0.349 e. The van der Waals surface area contributed by atoms with Crippen molar-refractivity contribution in [2.75, 3.05) is 0 Å². The fourth-order valence-electron chi connectivity index (χ4n) is 1.94. The minimum atomic E-state index is -0.808. The maximum absolute atomic E-state index is 12.5. The second-order valence-corrected chi connectivity index (χ2v) is 6.80. The Kier molecular flexibility index (Phi) is 5.23. The second-order valence-electron chi connectivity index (χ2n) is 5.94. The molecule has 0 saturated carbocycles. The summed E-state index contributed by atoms with van der Waals surface area (Å²) in [4.78, 5) is 23.1. The van der Waals surface area contributed by atoms with Crippen LogP contribution in [-0.4, -0.2) is 16.5 Å². The second kappa shape index (κ2) is 7.00. The topological polar surface area (TPSA) is 78.7 Å². The lowest BCUT2D eigenvalue weighted by molar-refractivity contribution is -0.385. The van der Waals surface area contributed by atoms with Crippen molar-refractivity contribution in [1.82, 2.24) is 0 Å². The van der Waals surface area contributed by atoms with Crippen LogP contribution < -0.4 is 4.74 Å². The first-order valence-electron chi connectivity index (χ1n) is 7.12. The predicted molar refractivity (Wildman–Crippen MR) is 92.5 cm³/mol. The normalized spacial score (nSPS) is 11.0. The summed E-state index contributed by atoms with van der Waals surface area (Å²) >= 11 is 3.34. The molecule has 0 unspecified atom stereocenters. The van der Waals surface area contributed by atoms with E-state index in [4.69, 9.17) is 9.47 Å². The van der Waals surface area contributed by atoms with Gasteiger partial charge in [-0.25, -0.2) is 4.79 Å². The number of rotatable bonds is 4. The van der Waals surface area contributed by atoms with Gasteiger partial charge in [0.1, 0.15) is 17.1 Å². The average Bonchev–Trinajstić information content (AvgIpc) is 2.47. The lowest BCUT2D eigenvalue weighted by Gasteiger charge is -2.20. The van der Waals surface area contributed by atoms with Gasteiger partial charge < -0.3 is 9.47 Å². The third-order valence-corrected chi connectivity index (χ3v) is 3.52. The van der Waals surface area contributed by atoms with Crippen LogP contribution in [-0.2, 0) is 4.74 Å². The van der Waals surface area contributed by atoms with Crippen LogP contribution in [0.5, 0.6) is 11.5 Å². The highest BCUT2D eigenvalue weighted by Gasteiger charge is 2.30. The number of carbonyl (C=O) groups excluding carboxylic acids is 1. The van der Waals surface area contributed by atoms with Crippen LogP contribution >= 0.6 is 15.9 Å². The van der Waals surface area contributed by atoms with Crippen LogP contribution in [0, 0.1) is 10.1 Å². The molecule has 0 bridgehead atoms. The summed E-state index contributed by atoms with van der Waals surface area (Å²) in [5, 5.41) is 11.3. The van der Waals surface area contributed by atoms with Gasteiger partial charge in [-0.3, -0.25) is 10.1 Å². The van der Waals surface area contributed by atoms with Crippen LogP contribution in [0.2, 0.25) is 0 Å². The highest BCUT2D eigenvalue weighted by atomic mass is 79.9. The summed E-state index contributed by atoms with van der Waals surface area (Å²) in [5.41, 5.74) is -1.37. The van der Waals surface area contributed by atoms with Crippen LogP contribution in [0.4, 0.5) is 5.69 Å². The molecule has 0 aliphatic heterocycles. The SMILES string of the molecule is CC(C)(C)OC(=O)c1c(Oc2ccccc2Br)cccc1[N+](=O)[O-]. The minimum Gasteiger partial charge on any atom is -0.456 e. The van der Waals surface area contributed by atoms with E-state index in [2.05, 4.69) is 15.9 Å². The van der Waals surface area contributed by atoms with Crippen molar-refractivity contribution in [2.24, 2.45) is 0 Å². The quantitative estimate of drug-likeness (QED) is 0.409. The Morgan fingerprint density at radius 3 is 2.29 bits per heavy atom. The van der Waals surface area contributed by atoms with Crippen LogP contribution in [0.3, 0.4) is 0 Å². The molecule has 0 N–H and O–H groups in total. The van der Waals surface area contributed by atoms with Crippen molar-refractivity contribution in [1.29, 1.82) is 0 Å². The summed E-state index contributed by atoms with van der Waals surface area (Å²) in [6.45, 7) is 5.07. The Bertz CT molecular complexity index is 783. The number of hydrogen-bond donors (Lipinski definition) is 0. The number of nitro groups is 1. The van der Waals surface area contributed by atoms with E-state index in [9.17, 15) is 14.9 Å². The molecule has 2 aromatic rings. The molecule has 0 aliphatic rings. The Balaban J connectivity index is 2.51. The molecule has 2 aromatic carbocycles. The third-order valence-electron chi connectivity index (χ3n) is 2.86. The van der Waals surface area contributed by atoms with E-state index in [0.717, 1.165) is 0 Å². The molecular formula is C17H16BrNO5. The zero-order valence-electron chi connectivity index (χ0n) is 13.4. The maximum Gasteiger partial charge on any atom is 0.349 e. The Hall–Kier alpha value is -2.41. The molecule has 6 nitrogen and oxygen atoms in total. The fraction of sp³-hybridized carbons (Fsp3) is 0.235. The third kappa shape index (κ3) is 4.32. The largest absolute Gasteiger partial charge is 0.456 e. The van der Waals surface area contributed by atoms with E-state index < -0.39 is 16.5 Å². The molecule has 0 aromatic heterocycles. The van der Waals surface area contributed by atoms with E-state index in [-0.39, 0.29) is 17.0 Å². The Morgan fingerprint density at radius 2 is 1.71 bits per heavy atom. The zero-order valence-corrected chi connectivity index (χ0v) is 15.0. The number of hydrogen-bond acceptors (Lipinski definition) is 5. The Labute approximate surface area is 147 Å². The van der Waals surface area contributed by atoms with Gasteiger partial charge in [0.05, 0.1) is 9.40 Å². The molecule has 0 heterocycles. The molecule has 0 saturated heterocycles. The fourth-order valence-corrected chi connectivity index (χ4v) is 2.30. The molecule has 0 radical (unpaired) electrons. The van der Waals surface area contributed by atoms with Gasteiger partial charge in [-0.1, -0.05) is 18.2 Å². The van der Waals surface area contributed by atoms with Crippen LogP contribution in [0.15, 0.2) is 46.9 Å². The lowest BCUT2D eigenvalue weighted by atomic mass is 10.1. The summed E-state index contributed by atoms with van der Waals surface area (Å²) in [5.74, 6) is -0.315. The van der Waals surface area contributed by atoms with E-state index in [1.165, 1.54) is 18.2 Å². The van der Waals surface area contributed by atoms with Crippen LogP contribution in [0.25, 0.3) is 0 Å². The summed E-state index contributed by atoms with van der Waals surface area (Å²) in [6.07, 6.45) is 0. The monoisotopic (exact) mass is 393 g/mol. The maximum atomic E-state index is 12.5. The molecule has 24 heavy (non-hydrogen) atoms. The van der Waals surface area contributed by atoms with Gasteiger partial charge >= 0.3 is 5.97 Å². The molecule has 0 aliphatic carbocycles. The van der Waals surface area contributed by atoms with Crippen molar-refractivity contribution >= 4 is 27.6 Å². The molecule has 7 heteroatoms. The molecule has 0 amide bonds. The van der Waals surface area contributed by atoms with Crippen molar-refractivity contribution in [3.05, 3.63) is 62.6 Å². The van der Waals surface area contributed by atoms with Crippen molar-refractivity contribution in [3.8, 4) is 11.5 Å². The number of nitro benzene ring substituents is 1. The number of carbonyl (C=O) groups is 1. The number of esters is 1. The van der Waals surface area contributed by atoms with Gasteiger partial charge in [-0.15, -0.1) is 0 Å². The lowest BCUT2D eigenvalue weighted by Crippen LogP contribution is -2.24. The van der Waals surface area contributed by atoms with Crippen LogP contribution in [0.1, 0.15) is 31.1 Å². The molecule has 2 rings (SSSR count). The summed E-state index contributed by atoms with van der Waals surface area (Å²) < 4.78 is 11.7. The number of para-hydroxylation sites is 1. The summed E-state index contributed by atoms with van der Waals surface area (Å²) in [6, 6.07) is 11.2. The van der Waals surface area contributed by atoms with Crippen molar-refractivity contribution in [3.63, 3.8) is 0 Å². The van der Waals surface area contributed by atoms with Gasteiger partial charge in [0.25, 0.3) is 5.69 Å². The molecule has 0 spiro atoms. The number of ether oxygens (including phenoxy) is 2. The number of benzene rings is 2. The van der Waals surface area contributed by atoms with Gasteiger partial charge in [-0.2, -0.15) is 0 Å². The number of nitrogens with zero attached hydrogens (tertiary/aromatic N) is 1. The molecule has 0 fully saturated rings. The van der Waals surface area contributed by atoms with E-state index in [1.54, 1.807) is 45.0 Å². The van der Waals surface area contributed by atoms with Gasteiger partial charge in [-0.05, 0) is 54.9 Å². The molecule has 0 atom stereocenters. The average molecular weight is 394 g/mol. The predicted octanol–water partition coefficient (Wildman–Crippen LogP) is 5.10. The van der Waals surface area contributed by atoms with E-state index >= 15 is 0 Å². The standard InChI is InChI=1S/C17H16BrNO5/c1-17(2,3)24-16(20)15-12(19(21)22)8-6-10-14(15)23-13-9-5-4-7-11(13)18/h4-10H,1-3H3.